The van der Waals surface area contributed by atoms with Gasteiger partial charge in [0, 0.05) is 55.8 Å². The van der Waals surface area contributed by atoms with Crippen molar-refractivity contribution in [3.8, 4) is 5.75 Å². The molecule has 11 heteroatoms. The van der Waals surface area contributed by atoms with Gasteiger partial charge in [-0.2, -0.15) is 13.2 Å². The first kappa shape index (κ1) is 32.6. The number of alkyl halides is 3. The first-order chi connectivity index (χ1) is 20.2. The monoisotopic (exact) mass is 604 g/mol. The molecule has 2 N–H and O–H groups in total. The number of anilines is 1. The molecule has 2 fully saturated rings. The minimum Gasteiger partial charge on any atom is -0.496 e. The molecule has 2 aliphatic rings. The lowest BCUT2D eigenvalue weighted by atomic mass is 9.72. The molecule has 1 aliphatic carbocycles. The van der Waals surface area contributed by atoms with E-state index >= 15 is 0 Å². The number of halogens is 3. The second-order valence-electron chi connectivity index (χ2n) is 12.9. The van der Waals surface area contributed by atoms with Gasteiger partial charge in [-0.05, 0) is 42.5 Å². The summed E-state index contributed by atoms with van der Waals surface area (Å²) in [4.78, 5) is 35.5. The van der Waals surface area contributed by atoms with Crippen LogP contribution in [-0.2, 0) is 22.3 Å². The zero-order valence-corrected chi connectivity index (χ0v) is 25.7. The SMILES string of the molecule is COc1ccc(C(F)(F)F)cc1CN[C@@H]1[C@@H](C(C)(C)C)[C@H](C(=O)O)N(C(=O)C2CCCCC2)[C@@H]1c1cccnc1N(C)C. The highest BCUT2D eigenvalue weighted by Crippen LogP contribution is 2.50. The number of benzene rings is 1. The average molecular weight is 605 g/mol. The number of pyridine rings is 1. The standard InChI is InChI=1S/C32H43F3N4O4/c1-31(2,3)24-25(37-18-20-17-21(32(33,34)35)14-15-23(20)43-6)26(22-13-10-16-36-28(22)38(4)5)39(27(24)30(41)42)29(40)19-11-8-7-9-12-19/h10,13-17,19,24-27,37H,7-9,11-12,18H2,1-6H3,(H,41,42)/t24-,25-,26-,27-/m1/s1. The Morgan fingerprint density at radius 2 is 1.79 bits per heavy atom. The summed E-state index contributed by atoms with van der Waals surface area (Å²) in [7, 11) is 5.06. The van der Waals surface area contributed by atoms with Crippen molar-refractivity contribution in [1.29, 1.82) is 0 Å². The van der Waals surface area contributed by atoms with E-state index in [1.807, 2.05) is 45.8 Å². The van der Waals surface area contributed by atoms with Crippen LogP contribution in [0.25, 0.3) is 0 Å². The number of aromatic nitrogens is 1. The topological polar surface area (TPSA) is 95.0 Å². The number of carbonyl (C=O) groups excluding carboxylic acids is 1. The Morgan fingerprint density at radius 3 is 2.35 bits per heavy atom. The molecule has 4 atom stereocenters. The molecular weight excluding hydrogens is 561 g/mol. The molecule has 1 saturated carbocycles. The van der Waals surface area contributed by atoms with Gasteiger partial charge in [0.25, 0.3) is 0 Å². The van der Waals surface area contributed by atoms with Gasteiger partial charge in [0.05, 0.1) is 18.7 Å². The molecule has 0 unspecified atom stereocenters. The maximum atomic E-state index is 14.4. The number of aliphatic carboxylic acids is 1. The molecule has 1 aromatic heterocycles. The minimum atomic E-state index is -4.54. The van der Waals surface area contributed by atoms with E-state index in [0.717, 1.165) is 31.4 Å². The zero-order chi connectivity index (χ0) is 31.7. The molecule has 1 aliphatic heterocycles. The van der Waals surface area contributed by atoms with E-state index in [2.05, 4.69) is 10.3 Å². The number of ether oxygens (including phenoxy) is 1. The highest BCUT2D eigenvalue weighted by atomic mass is 19.4. The molecule has 236 valence electrons. The Hall–Kier alpha value is -3.34. The van der Waals surface area contributed by atoms with Gasteiger partial charge in [-0.25, -0.2) is 9.78 Å². The van der Waals surface area contributed by atoms with Crippen LogP contribution < -0.4 is 15.0 Å². The van der Waals surface area contributed by atoms with E-state index in [4.69, 9.17) is 4.74 Å². The minimum absolute atomic E-state index is 0.0315. The first-order valence-corrected chi connectivity index (χ1v) is 14.8. The largest absolute Gasteiger partial charge is 0.496 e. The van der Waals surface area contributed by atoms with E-state index in [-0.39, 0.29) is 29.7 Å². The van der Waals surface area contributed by atoms with Gasteiger partial charge >= 0.3 is 12.1 Å². The van der Waals surface area contributed by atoms with Gasteiger partial charge in [-0.15, -0.1) is 0 Å². The van der Waals surface area contributed by atoms with Crippen molar-refractivity contribution in [2.75, 3.05) is 26.1 Å². The van der Waals surface area contributed by atoms with E-state index in [9.17, 15) is 27.9 Å². The van der Waals surface area contributed by atoms with Crippen LogP contribution in [0.15, 0.2) is 36.5 Å². The summed E-state index contributed by atoms with van der Waals surface area (Å²) < 4.78 is 46.3. The smallest absolute Gasteiger partial charge is 0.416 e. The molecule has 0 spiro atoms. The van der Waals surface area contributed by atoms with E-state index < -0.39 is 47.2 Å². The summed E-state index contributed by atoms with van der Waals surface area (Å²) in [5.74, 6) is -1.31. The van der Waals surface area contributed by atoms with Gasteiger partial charge in [0.2, 0.25) is 5.91 Å². The fraction of sp³-hybridized carbons (Fsp3) is 0.594. The number of hydrogen-bond donors (Lipinski definition) is 2. The van der Waals surface area contributed by atoms with E-state index in [1.54, 1.807) is 17.2 Å². The quantitative estimate of drug-likeness (QED) is 0.387. The Balaban J connectivity index is 1.89. The van der Waals surface area contributed by atoms with Crippen LogP contribution in [0.1, 0.15) is 75.6 Å². The summed E-state index contributed by atoms with van der Waals surface area (Å²) in [6, 6.07) is 4.42. The number of methoxy groups -OCH3 is 1. The summed E-state index contributed by atoms with van der Waals surface area (Å²) in [6.45, 7) is 5.79. The van der Waals surface area contributed by atoms with Crippen molar-refractivity contribution in [1.82, 2.24) is 15.2 Å². The van der Waals surface area contributed by atoms with Crippen LogP contribution in [-0.4, -0.2) is 60.2 Å². The Morgan fingerprint density at radius 1 is 1.12 bits per heavy atom. The maximum absolute atomic E-state index is 14.4. The van der Waals surface area contributed by atoms with Crippen LogP contribution in [0.4, 0.5) is 19.0 Å². The molecule has 8 nitrogen and oxygen atoms in total. The third-order valence-electron chi connectivity index (χ3n) is 8.82. The highest BCUT2D eigenvalue weighted by Gasteiger charge is 2.59. The fourth-order valence-corrected chi connectivity index (χ4v) is 6.95. The fourth-order valence-electron chi connectivity index (χ4n) is 6.95. The molecule has 0 radical (unpaired) electrons. The summed E-state index contributed by atoms with van der Waals surface area (Å²) in [6.07, 6.45) is 1.34. The van der Waals surface area contributed by atoms with Crippen LogP contribution >= 0.6 is 0 Å². The number of hydrogen-bond acceptors (Lipinski definition) is 6. The second-order valence-corrected chi connectivity index (χ2v) is 12.9. The van der Waals surface area contributed by atoms with Crippen LogP contribution in [0.3, 0.4) is 0 Å². The average Bonchev–Trinajstić information content (AvgIpc) is 3.31. The third kappa shape index (κ3) is 6.76. The molecule has 2 heterocycles. The number of nitrogens with zero attached hydrogens (tertiary/aromatic N) is 3. The normalized spacial score (nSPS) is 23.3. The number of carboxylic acids is 1. The van der Waals surface area contributed by atoms with Gasteiger partial charge in [0.15, 0.2) is 0 Å². The Bertz CT molecular complexity index is 1300. The van der Waals surface area contributed by atoms with Crippen molar-refractivity contribution in [3.63, 3.8) is 0 Å². The lowest BCUT2D eigenvalue weighted by Crippen LogP contribution is -2.49. The third-order valence-corrected chi connectivity index (χ3v) is 8.82. The molecule has 1 saturated heterocycles. The van der Waals surface area contributed by atoms with Crippen LogP contribution in [0, 0.1) is 17.3 Å². The van der Waals surface area contributed by atoms with Crippen molar-refractivity contribution < 1.29 is 32.6 Å². The molecule has 2 aromatic rings. The summed E-state index contributed by atoms with van der Waals surface area (Å²) in [5.41, 5.74) is -0.436. The lowest BCUT2D eigenvalue weighted by Gasteiger charge is -2.36. The summed E-state index contributed by atoms with van der Waals surface area (Å²) >= 11 is 0. The molecule has 1 aromatic carbocycles. The van der Waals surface area contributed by atoms with E-state index in [1.165, 1.54) is 13.2 Å². The number of likely N-dealkylation sites (tertiary alicyclic amines) is 1. The highest BCUT2D eigenvalue weighted by molar-refractivity contribution is 5.87. The Kier molecular flexibility index (Phi) is 9.63. The second kappa shape index (κ2) is 12.7. The Labute approximate surface area is 251 Å². The maximum Gasteiger partial charge on any atom is 0.416 e. The predicted octanol–water partition coefficient (Wildman–Crippen LogP) is 5.91. The van der Waals surface area contributed by atoms with Crippen molar-refractivity contribution in [2.24, 2.45) is 17.3 Å². The lowest BCUT2D eigenvalue weighted by molar-refractivity contribution is -0.154. The molecule has 1 amide bonds. The zero-order valence-electron chi connectivity index (χ0n) is 25.7. The molecular formula is C32H43F3N4O4. The number of nitrogens with one attached hydrogen (secondary N) is 1. The number of carboxylic acid groups (broad SMARTS) is 1. The van der Waals surface area contributed by atoms with Gasteiger partial charge in [0.1, 0.15) is 17.6 Å². The van der Waals surface area contributed by atoms with Crippen molar-refractivity contribution in [2.45, 2.75) is 83.7 Å². The van der Waals surface area contributed by atoms with Gasteiger partial charge < -0.3 is 25.0 Å². The van der Waals surface area contributed by atoms with Gasteiger partial charge in [-0.3, -0.25) is 4.79 Å². The first-order valence-electron chi connectivity index (χ1n) is 14.8. The summed E-state index contributed by atoms with van der Waals surface area (Å²) in [5, 5.41) is 14.2. The predicted molar refractivity (Wildman–Crippen MR) is 158 cm³/mol. The van der Waals surface area contributed by atoms with Crippen LogP contribution in [0.5, 0.6) is 5.75 Å². The van der Waals surface area contributed by atoms with Crippen molar-refractivity contribution in [3.05, 3.63) is 53.2 Å². The van der Waals surface area contributed by atoms with E-state index in [0.29, 0.717) is 24.2 Å². The number of amides is 1. The number of rotatable bonds is 8. The van der Waals surface area contributed by atoms with Crippen molar-refractivity contribution >= 4 is 17.7 Å². The van der Waals surface area contributed by atoms with Crippen LogP contribution in [0.2, 0.25) is 0 Å². The molecule has 4 rings (SSSR count). The number of carbonyl (C=O) groups is 2. The van der Waals surface area contributed by atoms with Gasteiger partial charge in [-0.1, -0.05) is 46.1 Å². The molecule has 43 heavy (non-hydrogen) atoms. The molecule has 0 bridgehead atoms.